The molecule has 1 rings (SSSR count). The fraction of sp³-hybridized carbons (Fsp3) is 0.250. The van der Waals surface area contributed by atoms with Gasteiger partial charge in [-0.1, -0.05) is 11.6 Å². The zero-order chi connectivity index (χ0) is 11.6. The summed E-state index contributed by atoms with van der Waals surface area (Å²) in [6, 6.07) is 1.40. The van der Waals surface area contributed by atoms with Gasteiger partial charge in [-0.25, -0.2) is 0 Å². The lowest BCUT2D eigenvalue weighted by Gasteiger charge is -2.10. The van der Waals surface area contributed by atoms with Crippen molar-refractivity contribution in [3.05, 3.63) is 32.8 Å². The summed E-state index contributed by atoms with van der Waals surface area (Å²) >= 11 is 5.61. The molecule has 6 nitrogen and oxygen atoms in total. The molecule has 0 aromatic heterocycles. The molecule has 0 saturated carbocycles. The van der Waals surface area contributed by atoms with Crippen LogP contribution in [0.1, 0.15) is 11.6 Å². The Bertz CT molecular complexity index is 396. The largest absolute Gasteiger partial charge is 0.502 e. The third-order valence-corrected chi connectivity index (χ3v) is 2.10. The molecule has 15 heavy (non-hydrogen) atoms. The van der Waals surface area contributed by atoms with Gasteiger partial charge in [-0.05, 0) is 6.07 Å². The average molecular weight is 233 g/mol. The number of phenolic OH excluding ortho intramolecular Hbond substituents is 1. The monoisotopic (exact) mass is 232 g/mol. The number of hydrogen-bond acceptors (Lipinski definition) is 5. The van der Waals surface area contributed by atoms with Crippen molar-refractivity contribution in [1.29, 1.82) is 0 Å². The topological polar surface area (TPSA) is 110 Å². The van der Waals surface area contributed by atoms with E-state index in [2.05, 4.69) is 0 Å². The lowest BCUT2D eigenvalue weighted by molar-refractivity contribution is -0.385. The van der Waals surface area contributed by atoms with Crippen LogP contribution in [-0.4, -0.2) is 21.7 Å². The van der Waals surface area contributed by atoms with Crippen molar-refractivity contribution in [3.8, 4) is 5.75 Å². The summed E-state index contributed by atoms with van der Waals surface area (Å²) in [5.74, 6) is -0.564. The Labute approximate surface area is 90.0 Å². The zero-order valence-electron chi connectivity index (χ0n) is 7.55. The first-order valence-electron chi connectivity index (χ1n) is 4.00. The molecule has 0 aliphatic heterocycles. The number of nitrogens with zero attached hydrogens (tertiary/aromatic N) is 1. The molecule has 1 aromatic rings. The first-order chi connectivity index (χ1) is 6.97. The van der Waals surface area contributed by atoms with Crippen molar-refractivity contribution in [2.24, 2.45) is 5.73 Å². The molecule has 4 N–H and O–H groups in total. The van der Waals surface area contributed by atoms with Gasteiger partial charge in [-0.2, -0.15) is 0 Å². The molecule has 0 amide bonds. The van der Waals surface area contributed by atoms with Gasteiger partial charge in [0.15, 0.2) is 5.75 Å². The Balaban J connectivity index is 3.34. The van der Waals surface area contributed by atoms with Crippen LogP contribution in [0.3, 0.4) is 0 Å². The Kier molecular flexibility index (Phi) is 3.46. The maximum absolute atomic E-state index is 10.5. The number of phenols is 1. The summed E-state index contributed by atoms with van der Waals surface area (Å²) in [6.07, 6.45) is 0. The van der Waals surface area contributed by atoms with Crippen LogP contribution in [0.15, 0.2) is 12.1 Å². The Morgan fingerprint density at radius 3 is 2.67 bits per heavy atom. The summed E-state index contributed by atoms with van der Waals surface area (Å²) in [5, 5.41) is 28.9. The average Bonchev–Trinajstić information content (AvgIpc) is 2.19. The first kappa shape index (κ1) is 11.7. The van der Waals surface area contributed by atoms with Crippen LogP contribution in [0.2, 0.25) is 5.02 Å². The molecule has 0 bridgehead atoms. The molecule has 0 heterocycles. The van der Waals surface area contributed by atoms with E-state index in [0.717, 1.165) is 6.07 Å². The molecular formula is C8H9ClN2O4. The van der Waals surface area contributed by atoms with E-state index < -0.39 is 29.0 Å². The number of hydrogen-bond donors (Lipinski definition) is 3. The summed E-state index contributed by atoms with van der Waals surface area (Å²) in [5.41, 5.74) is 4.97. The normalized spacial score (nSPS) is 12.5. The van der Waals surface area contributed by atoms with E-state index in [4.69, 9.17) is 22.4 Å². The van der Waals surface area contributed by atoms with Crippen LogP contribution in [0.5, 0.6) is 5.75 Å². The van der Waals surface area contributed by atoms with E-state index in [0.29, 0.717) is 0 Å². The summed E-state index contributed by atoms with van der Waals surface area (Å²) in [4.78, 5) is 9.75. The van der Waals surface area contributed by atoms with Gasteiger partial charge in [0.25, 0.3) is 0 Å². The van der Waals surface area contributed by atoms with Gasteiger partial charge in [0.05, 0.1) is 17.6 Å². The molecule has 1 aromatic carbocycles. The Morgan fingerprint density at radius 1 is 1.60 bits per heavy atom. The van der Waals surface area contributed by atoms with Gasteiger partial charge in [0, 0.05) is 16.7 Å². The highest BCUT2D eigenvalue weighted by atomic mass is 35.5. The third-order valence-electron chi connectivity index (χ3n) is 1.88. The SMILES string of the molecule is N[C@H](CO)c1cc(Cl)cc([N+](=O)[O-])c1O. The van der Waals surface area contributed by atoms with Gasteiger partial charge in [0.2, 0.25) is 0 Å². The number of nitro groups is 1. The highest BCUT2D eigenvalue weighted by Gasteiger charge is 2.21. The second-order valence-corrected chi connectivity index (χ2v) is 3.35. The number of aliphatic hydroxyl groups is 1. The maximum atomic E-state index is 10.5. The van der Waals surface area contributed by atoms with Gasteiger partial charge in [0.1, 0.15) is 0 Å². The fourth-order valence-corrected chi connectivity index (χ4v) is 1.35. The van der Waals surface area contributed by atoms with Gasteiger partial charge >= 0.3 is 5.69 Å². The molecule has 0 saturated heterocycles. The predicted octanol–water partition coefficient (Wildman–Crippen LogP) is 0.946. The van der Waals surface area contributed by atoms with Crippen LogP contribution < -0.4 is 5.73 Å². The Morgan fingerprint density at radius 2 is 2.20 bits per heavy atom. The quantitative estimate of drug-likeness (QED) is 0.531. The standard InChI is InChI=1S/C8H9ClN2O4/c9-4-1-5(6(10)3-12)8(13)7(2-4)11(14)15/h1-2,6,12-13H,3,10H2/t6-/m1/s1. The maximum Gasteiger partial charge on any atom is 0.312 e. The molecule has 0 aliphatic carbocycles. The number of benzene rings is 1. The number of aromatic hydroxyl groups is 1. The molecule has 0 spiro atoms. The van der Waals surface area contributed by atoms with Crippen LogP contribution in [0, 0.1) is 10.1 Å². The predicted molar refractivity (Wildman–Crippen MR) is 53.8 cm³/mol. The van der Waals surface area contributed by atoms with E-state index in [1.165, 1.54) is 6.07 Å². The van der Waals surface area contributed by atoms with E-state index in [9.17, 15) is 15.2 Å². The molecule has 0 radical (unpaired) electrons. The van der Waals surface area contributed by atoms with E-state index in [-0.39, 0.29) is 10.6 Å². The van der Waals surface area contributed by atoms with Crippen LogP contribution in [-0.2, 0) is 0 Å². The Hall–Kier alpha value is -1.37. The third kappa shape index (κ3) is 2.35. The summed E-state index contributed by atoms with van der Waals surface area (Å²) in [7, 11) is 0. The van der Waals surface area contributed by atoms with Gasteiger partial charge in [-0.3, -0.25) is 10.1 Å². The van der Waals surface area contributed by atoms with Gasteiger partial charge in [-0.15, -0.1) is 0 Å². The number of nitrogens with two attached hydrogens (primary N) is 1. The zero-order valence-corrected chi connectivity index (χ0v) is 8.31. The highest BCUT2D eigenvalue weighted by molar-refractivity contribution is 6.31. The minimum absolute atomic E-state index is 0.0525. The van der Waals surface area contributed by atoms with Crippen LogP contribution in [0.25, 0.3) is 0 Å². The molecule has 1 atom stereocenters. The van der Waals surface area contributed by atoms with Crippen molar-refractivity contribution < 1.29 is 15.1 Å². The molecule has 7 heteroatoms. The van der Waals surface area contributed by atoms with Crippen molar-refractivity contribution in [1.82, 2.24) is 0 Å². The number of nitro benzene ring substituents is 1. The summed E-state index contributed by atoms with van der Waals surface area (Å²) in [6.45, 7) is -0.439. The minimum Gasteiger partial charge on any atom is -0.502 e. The van der Waals surface area contributed by atoms with E-state index in [1.807, 2.05) is 0 Å². The smallest absolute Gasteiger partial charge is 0.312 e. The number of rotatable bonds is 3. The fourth-order valence-electron chi connectivity index (χ4n) is 1.13. The second kappa shape index (κ2) is 4.43. The first-order valence-corrected chi connectivity index (χ1v) is 4.38. The number of aliphatic hydroxyl groups excluding tert-OH is 1. The van der Waals surface area contributed by atoms with Crippen molar-refractivity contribution in [2.45, 2.75) is 6.04 Å². The second-order valence-electron chi connectivity index (χ2n) is 2.91. The van der Waals surface area contributed by atoms with Crippen molar-refractivity contribution in [3.63, 3.8) is 0 Å². The summed E-state index contributed by atoms with van der Waals surface area (Å²) < 4.78 is 0. The molecule has 0 unspecified atom stereocenters. The van der Waals surface area contributed by atoms with Crippen LogP contribution >= 0.6 is 11.6 Å². The van der Waals surface area contributed by atoms with Crippen molar-refractivity contribution in [2.75, 3.05) is 6.61 Å². The van der Waals surface area contributed by atoms with Gasteiger partial charge < -0.3 is 15.9 Å². The molecular weight excluding hydrogens is 224 g/mol. The molecule has 82 valence electrons. The van der Waals surface area contributed by atoms with E-state index >= 15 is 0 Å². The molecule has 0 fully saturated rings. The van der Waals surface area contributed by atoms with Crippen molar-refractivity contribution >= 4 is 17.3 Å². The van der Waals surface area contributed by atoms with Crippen LogP contribution in [0.4, 0.5) is 5.69 Å². The minimum atomic E-state index is -0.901. The van der Waals surface area contributed by atoms with E-state index in [1.54, 1.807) is 0 Å². The lowest BCUT2D eigenvalue weighted by atomic mass is 10.1. The molecule has 0 aliphatic rings. The number of halogens is 1. The lowest BCUT2D eigenvalue weighted by Crippen LogP contribution is -2.15. The highest BCUT2D eigenvalue weighted by Crippen LogP contribution is 2.35.